The van der Waals surface area contributed by atoms with E-state index in [4.69, 9.17) is 5.11 Å². The summed E-state index contributed by atoms with van der Waals surface area (Å²) in [6, 6.07) is 0. The zero-order valence-electron chi connectivity index (χ0n) is 8.19. The molecule has 2 heterocycles. The quantitative estimate of drug-likeness (QED) is 0.613. The number of β-lactam (4-membered cyclic amide) rings is 1. The molecule has 0 aliphatic carbocycles. The lowest BCUT2D eigenvalue weighted by Gasteiger charge is -2.44. The summed E-state index contributed by atoms with van der Waals surface area (Å²) in [7, 11) is -0.608. The Hall–Kier alpha value is -0.990. The molecule has 2 aliphatic rings. The Kier molecular flexibility index (Phi) is 2.72. The van der Waals surface area contributed by atoms with Crippen LogP contribution in [0.1, 0.15) is 6.92 Å². The highest BCUT2D eigenvalue weighted by Gasteiger charge is 2.57. The van der Waals surface area contributed by atoms with Gasteiger partial charge in [-0.2, -0.15) is 0 Å². The highest BCUT2D eigenvalue weighted by atomic mass is 32.8. The van der Waals surface area contributed by atoms with Gasteiger partial charge in [0.2, 0.25) is 5.91 Å². The van der Waals surface area contributed by atoms with E-state index in [9.17, 15) is 18.9 Å². The molecular formula is C8H9NO5S2. The van der Waals surface area contributed by atoms with Crippen LogP contribution < -0.4 is 0 Å². The summed E-state index contributed by atoms with van der Waals surface area (Å²) in [5, 5.41) is 19.1. The zero-order chi connectivity index (χ0) is 12.0. The van der Waals surface area contributed by atoms with Gasteiger partial charge in [0.1, 0.15) is 21.3 Å². The highest BCUT2D eigenvalue weighted by Crippen LogP contribution is 2.40. The van der Waals surface area contributed by atoms with E-state index in [0.29, 0.717) is 0 Å². The maximum atomic E-state index is 11.6. The van der Waals surface area contributed by atoms with E-state index in [1.54, 1.807) is 0 Å². The number of hydrogen-bond acceptors (Lipinski definition) is 4. The molecule has 0 bridgehead atoms. The minimum atomic E-state index is -1.22. The second kappa shape index (κ2) is 3.79. The number of carbonyl (C=O) groups excluding carboxylic acids is 1. The lowest BCUT2D eigenvalue weighted by molar-refractivity contribution is -0.156. The molecule has 2 N–H and O–H groups in total. The van der Waals surface area contributed by atoms with E-state index in [2.05, 4.69) is 0 Å². The number of nitrogens with zero attached hydrogens (tertiary/aromatic N) is 1. The molecule has 6 nitrogen and oxygen atoms in total. The van der Waals surface area contributed by atoms with Gasteiger partial charge in [-0.25, -0.2) is 9.00 Å². The van der Waals surface area contributed by atoms with Crippen molar-refractivity contribution in [1.82, 2.24) is 4.90 Å². The van der Waals surface area contributed by atoms with Crippen LogP contribution in [0, 0.1) is 5.92 Å². The lowest BCUT2D eigenvalue weighted by atomic mass is 9.92. The van der Waals surface area contributed by atoms with Gasteiger partial charge in [0, 0.05) is 5.41 Å². The van der Waals surface area contributed by atoms with E-state index < -0.39 is 38.7 Å². The van der Waals surface area contributed by atoms with Crippen LogP contribution in [0.3, 0.4) is 0 Å². The predicted molar refractivity (Wildman–Crippen MR) is 57.0 cm³/mol. The third-order valence-corrected chi connectivity index (χ3v) is 5.57. The third kappa shape index (κ3) is 1.37. The Bertz CT molecular complexity index is 465. The topological polar surface area (TPSA) is 94.9 Å². The van der Waals surface area contributed by atoms with Crippen LogP contribution in [-0.2, 0) is 29.3 Å². The molecule has 1 fully saturated rings. The molecular weight excluding hydrogens is 254 g/mol. The van der Waals surface area contributed by atoms with Gasteiger partial charge in [0.15, 0.2) is 0 Å². The molecule has 3 unspecified atom stereocenters. The van der Waals surface area contributed by atoms with Crippen molar-refractivity contribution in [2.75, 3.05) is 0 Å². The van der Waals surface area contributed by atoms with Gasteiger partial charge >= 0.3 is 5.97 Å². The number of carboxylic acid groups (broad SMARTS) is 1. The molecule has 4 atom stereocenters. The molecule has 0 radical (unpaired) electrons. The first-order valence-corrected chi connectivity index (χ1v) is 7.08. The van der Waals surface area contributed by atoms with E-state index in [1.165, 1.54) is 12.3 Å². The van der Waals surface area contributed by atoms with Crippen molar-refractivity contribution in [3.05, 3.63) is 11.1 Å². The van der Waals surface area contributed by atoms with Crippen LogP contribution in [-0.4, -0.2) is 42.7 Å². The van der Waals surface area contributed by atoms with Crippen molar-refractivity contribution in [2.45, 2.75) is 18.4 Å². The van der Waals surface area contributed by atoms with Gasteiger partial charge < -0.3 is 10.2 Å². The molecule has 2 aliphatic heterocycles. The van der Waals surface area contributed by atoms with Crippen molar-refractivity contribution in [2.24, 2.45) is 5.92 Å². The molecule has 1 saturated heterocycles. The summed E-state index contributed by atoms with van der Waals surface area (Å²) in [4.78, 5) is 23.6. The highest BCUT2D eigenvalue weighted by molar-refractivity contribution is 8.33. The molecule has 88 valence electrons. The summed E-state index contributed by atoms with van der Waals surface area (Å²) in [5.41, 5.74) is -0.140. The minimum Gasteiger partial charge on any atom is -0.477 e. The summed E-state index contributed by atoms with van der Waals surface area (Å²) >= 11 is 0. The first kappa shape index (κ1) is 11.5. The standard InChI is InChI=1S/C8H9NO5S2/c1-3(10)5-6(11)9-4(8(12)13)2-16(15-14)7(5)9/h2-3,5,7,10H,1H3,(H,12,13)/t3?,5?,7-,16?/m1/s1. The number of amides is 1. The Morgan fingerprint density at radius 2 is 2.31 bits per heavy atom. The average molecular weight is 263 g/mol. The number of aliphatic hydroxyl groups is 1. The van der Waals surface area contributed by atoms with Gasteiger partial charge in [-0.1, -0.05) is 0 Å². The Labute approximate surface area is 96.2 Å². The molecule has 0 aromatic heterocycles. The van der Waals surface area contributed by atoms with Gasteiger partial charge in [-0.15, -0.1) is 0 Å². The molecule has 0 aromatic rings. The second-order valence-electron chi connectivity index (χ2n) is 3.57. The number of aliphatic hydroxyl groups excluding tert-OH is 1. The fourth-order valence-electron chi connectivity index (χ4n) is 1.89. The molecule has 16 heavy (non-hydrogen) atoms. The molecule has 0 aromatic carbocycles. The van der Waals surface area contributed by atoms with E-state index in [-0.39, 0.29) is 15.9 Å². The van der Waals surface area contributed by atoms with Crippen LogP contribution in [0.15, 0.2) is 11.1 Å². The van der Waals surface area contributed by atoms with Gasteiger partial charge in [-0.3, -0.25) is 9.69 Å². The average Bonchev–Trinajstić information content (AvgIpc) is 2.51. The fourth-order valence-corrected chi connectivity index (χ4v) is 4.89. The molecule has 8 heteroatoms. The van der Waals surface area contributed by atoms with Crippen LogP contribution >= 0.6 is 0 Å². The maximum absolute atomic E-state index is 11.6. The second-order valence-corrected chi connectivity index (χ2v) is 6.64. The van der Waals surface area contributed by atoms with Crippen molar-refractivity contribution >= 4 is 31.6 Å². The Balaban J connectivity index is 2.40. The number of carbonyl (C=O) groups is 2. The fraction of sp³-hybridized carbons (Fsp3) is 0.500. The number of rotatable bonds is 2. The van der Waals surface area contributed by atoms with Crippen molar-refractivity contribution < 1.29 is 24.0 Å². The summed E-state index contributed by atoms with van der Waals surface area (Å²) in [5.74, 6) is -2.29. The first-order chi connectivity index (χ1) is 7.49. The molecule has 2 rings (SSSR count). The van der Waals surface area contributed by atoms with Crippen molar-refractivity contribution in [1.29, 1.82) is 0 Å². The van der Waals surface area contributed by atoms with Crippen molar-refractivity contribution in [3.8, 4) is 0 Å². The van der Waals surface area contributed by atoms with Gasteiger partial charge in [-0.05, 0) is 16.4 Å². The predicted octanol–water partition coefficient (Wildman–Crippen LogP) is -1.16. The Morgan fingerprint density at radius 3 is 2.75 bits per heavy atom. The normalized spacial score (nSPS) is 33.9. The smallest absolute Gasteiger partial charge is 0.353 e. The number of hydrogen-bond donors (Lipinski definition) is 2. The zero-order valence-corrected chi connectivity index (χ0v) is 9.83. The van der Waals surface area contributed by atoms with Crippen LogP contribution in [0.5, 0.6) is 0 Å². The summed E-state index contributed by atoms with van der Waals surface area (Å²) in [6.45, 7) is 1.47. The largest absolute Gasteiger partial charge is 0.477 e. The van der Waals surface area contributed by atoms with Crippen LogP contribution in [0.2, 0.25) is 0 Å². The third-order valence-electron chi connectivity index (χ3n) is 2.63. The number of fused-ring (bicyclic) bond motifs is 1. The monoisotopic (exact) mass is 263 g/mol. The lowest BCUT2D eigenvalue weighted by Crippen LogP contribution is -2.62. The van der Waals surface area contributed by atoms with Gasteiger partial charge in [0.05, 0.1) is 12.0 Å². The minimum absolute atomic E-state index is 0.140. The van der Waals surface area contributed by atoms with E-state index >= 15 is 0 Å². The first-order valence-electron chi connectivity index (χ1n) is 4.47. The molecule has 1 amide bonds. The molecule has 0 saturated carbocycles. The van der Waals surface area contributed by atoms with Crippen LogP contribution in [0.25, 0.3) is 0 Å². The maximum Gasteiger partial charge on any atom is 0.353 e. The van der Waals surface area contributed by atoms with E-state index in [0.717, 1.165) is 4.90 Å². The SMILES string of the molecule is CC(O)C1C(=O)N2C(C(=O)O)=CS(=S=O)[C@H]12. The Morgan fingerprint density at radius 1 is 1.69 bits per heavy atom. The number of carboxylic acids is 1. The summed E-state index contributed by atoms with van der Waals surface area (Å²) < 4.78 is 10.8. The molecule has 0 spiro atoms. The van der Waals surface area contributed by atoms with Crippen LogP contribution in [0.4, 0.5) is 0 Å². The summed E-state index contributed by atoms with van der Waals surface area (Å²) in [6.07, 6.45) is -0.863. The van der Waals surface area contributed by atoms with Gasteiger partial charge in [0.25, 0.3) is 0 Å². The van der Waals surface area contributed by atoms with Crippen molar-refractivity contribution in [3.63, 3.8) is 0 Å². The number of aliphatic carboxylic acids is 1. The van der Waals surface area contributed by atoms with E-state index in [1.807, 2.05) is 0 Å².